The Kier molecular flexibility index (Phi) is 3.81. The van der Waals surface area contributed by atoms with Gasteiger partial charge < -0.3 is 16.2 Å². The van der Waals surface area contributed by atoms with Crippen LogP contribution in [0.5, 0.6) is 0 Å². The first-order valence-electron chi connectivity index (χ1n) is 6.32. The van der Waals surface area contributed by atoms with Crippen molar-refractivity contribution >= 4 is 11.7 Å². The van der Waals surface area contributed by atoms with Gasteiger partial charge >= 0.3 is 0 Å². The molecule has 0 spiro atoms. The van der Waals surface area contributed by atoms with Gasteiger partial charge in [-0.1, -0.05) is 19.3 Å². The molecule has 0 aromatic carbocycles. The maximum atomic E-state index is 11.2. The lowest BCUT2D eigenvalue weighted by Gasteiger charge is -2.32. The highest BCUT2D eigenvalue weighted by atomic mass is 16.3. The average Bonchev–Trinajstić information content (AvgIpc) is 2.38. The first-order valence-corrected chi connectivity index (χ1v) is 6.32. The number of primary amides is 1. The normalized spacial score (nSPS) is 18.3. The van der Waals surface area contributed by atoms with Gasteiger partial charge in [0.15, 0.2) is 0 Å². The number of nitrogens with zero attached hydrogens (tertiary/aromatic N) is 1. The summed E-state index contributed by atoms with van der Waals surface area (Å²) in [5, 5.41) is 13.4. The Labute approximate surface area is 106 Å². The molecule has 0 saturated heterocycles. The zero-order valence-electron chi connectivity index (χ0n) is 10.4. The first-order chi connectivity index (χ1) is 8.61. The Morgan fingerprint density at radius 2 is 2.17 bits per heavy atom. The summed E-state index contributed by atoms with van der Waals surface area (Å²) < 4.78 is 0. The third-order valence-corrected chi connectivity index (χ3v) is 3.44. The summed E-state index contributed by atoms with van der Waals surface area (Å²) in [6, 6.07) is 3.29. The molecule has 98 valence electrons. The van der Waals surface area contributed by atoms with Crippen LogP contribution in [0, 0.1) is 0 Å². The molecular formula is C13H19N3O2. The first kappa shape index (κ1) is 12.8. The monoisotopic (exact) mass is 249 g/mol. The number of rotatable bonds is 4. The zero-order chi connectivity index (χ0) is 13.0. The van der Waals surface area contributed by atoms with E-state index in [2.05, 4.69) is 10.3 Å². The molecule has 2 rings (SSSR count). The molecule has 0 bridgehead atoms. The lowest BCUT2D eigenvalue weighted by Crippen LogP contribution is -2.39. The third kappa shape index (κ3) is 2.98. The van der Waals surface area contributed by atoms with Gasteiger partial charge in [-0.25, -0.2) is 4.98 Å². The van der Waals surface area contributed by atoms with Gasteiger partial charge in [-0.15, -0.1) is 0 Å². The van der Waals surface area contributed by atoms with E-state index < -0.39 is 11.5 Å². The summed E-state index contributed by atoms with van der Waals surface area (Å²) in [4.78, 5) is 15.3. The van der Waals surface area contributed by atoms with Crippen molar-refractivity contribution in [3.05, 3.63) is 23.9 Å². The van der Waals surface area contributed by atoms with Crippen molar-refractivity contribution < 1.29 is 9.90 Å². The molecule has 0 aliphatic heterocycles. The van der Waals surface area contributed by atoms with Crippen LogP contribution in [-0.4, -0.2) is 28.1 Å². The van der Waals surface area contributed by atoms with Crippen LogP contribution in [0.1, 0.15) is 42.5 Å². The Bertz CT molecular complexity index is 428. The van der Waals surface area contributed by atoms with Gasteiger partial charge in [-0.05, 0) is 25.0 Å². The standard InChI is InChI=1S/C13H19N3O2/c14-11(17)10-5-4-8-15-12(10)16-9-13(18)6-2-1-3-7-13/h4-5,8,18H,1-3,6-7,9H2,(H2,14,17)(H,15,16). The number of carbonyl (C=O) groups is 1. The molecular weight excluding hydrogens is 230 g/mol. The third-order valence-electron chi connectivity index (χ3n) is 3.44. The van der Waals surface area contributed by atoms with Crippen LogP contribution in [0.2, 0.25) is 0 Å². The van der Waals surface area contributed by atoms with Crippen LogP contribution in [0.3, 0.4) is 0 Å². The largest absolute Gasteiger partial charge is 0.388 e. The minimum atomic E-state index is -0.690. The lowest BCUT2D eigenvalue weighted by atomic mass is 9.85. The number of hydrogen-bond acceptors (Lipinski definition) is 4. The number of nitrogens with two attached hydrogens (primary N) is 1. The van der Waals surface area contributed by atoms with Crippen molar-refractivity contribution in [2.24, 2.45) is 5.73 Å². The zero-order valence-corrected chi connectivity index (χ0v) is 10.4. The molecule has 1 aliphatic carbocycles. The smallest absolute Gasteiger partial charge is 0.252 e. The summed E-state index contributed by atoms with van der Waals surface area (Å²) in [6.07, 6.45) is 6.45. The van der Waals surface area contributed by atoms with E-state index in [1.807, 2.05) is 0 Å². The van der Waals surface area contributed by atoms with Crippen molar-refractivity contribution in [3.8, 4) is 0 Å². The van der Waals surface area contributed by atoms with Crippen molar-refractivity contribution in [1.29, 1.82) is 0 Å². The van der Waals surface area contributed by atoms with Crippen LogP contribution in [-0.2, 0) is 0 Å². The summed E-state index contributed by atoms with van der Waals surface area (Å²) in [5.41, 5.74) is 4.94. The number of amides is 1. The molecule has 1 heterocycles. The SMILES string of the molecule is NC(=O)c1cccnc1NCC1(O)CCCCC1. The molecule has 1 amide bonds. The van der Waals surface area contributed by atoms with E-state index in [0.29, 0.717) is 17.9 Å². The van der Waals surface area contributed by atoms with Gasteiger partial charge in [0.05, 0.1) is 11.2 Å². The maximum Gasteiger partial charge on any atom is 0.252 e. The van der Waals surface area contributed by atoms with E-state index in [1.165, 1.54) is 6.42 Å². The summed E-state index contributed by atoms with van der Waals surface area (Å²) in [6.45, 7) is 0.407. The van der Waals surface area contributed by atoms with Crippen LogP contribution >= 0.6 is 0 Å². The van der Waals surface area contributed by atoms with E-state index in [4.69, 9.17) is 5.73 Å². The molecule has 5 heteroatoms. The number of aromatic nitrogens is 1. The summed E-state index contributed by atoms with van der Waals surface area (Å²) >= 11 is 0. The van der Waals surface area contributed by atoms with Gasteiger partial charge in [0.1, 0.15) is 5.82 Å². The quantitative estimate of drug-likeness (QED) is 0.750. The van der Waals surface area contributed by atoms with Crippen molar-refractivity contribution in [2.75, 3.05) is 11.9 Å². The number of nitrogens with one attached hydrogen (secondary N) is 1. The molecule has 1 saturated carbocycles. The summed E-state index contributed by atoms with van der Waals surface area (Å²) in [5.74, 6) is -0.0646. The molecule has 1 aromatic heterocycles. The Hall–Kier alpha value is -1.62. The molecule has 4 N–H and O–H groups in total. The fourth-order valence-electron chi connectivity index (χ4n) is 2.38. The molecule has 1 aliphatic rings. The topological polar surface area (TPSA) is 88.2 Å². The highest BCUT2D eigenvalue weighted by Crippen LogP contribution is 2.28. The molecule has 0 radical (unpaired) electrons. The number of anilines is 1. The lowest BCUT2D eigenvalue weighted by molar-refractivity contribution is 0.0166. The number of pyridine rings is 1. The predicted octanol–water partition coefficient (Wildman–Crippen LogP) is 1.29. The number of carbonyl (C=O) groups excluding carboxylic acids is 1. The van der Waals surface area contributed by atoms with Gasteiger partial charge in [0, 0.05) is 12.7 Å². The van der Waals surface area contributed by atoms with Gasteiger partial charge in [0.2, 0.25) is 0 Å². The van der Waals surface area contributed by atoms with Crippen molar-refractivity contribution in [1.82, 2.24) is 4.98 Å². The number of aliphatic hydroxyl groups is 1. The maximum absolute atomic E-state index is 11.2. The second-order valence-electron chi connectivity index (χ2n) is 4.90. The van der Waals surface area contributed by atoms with Gasteiger partial charge in [-0.2, -0.15) is 0 Å². The van der Waals surface area contributed by atoms with E-state index in [0.717, 1.165) is 25.7 Å². The van der Waals surface area contributed by atoms with Gasteiger partial charge in [-0.3, -0.25) is 4.79 Å². The van der Waals surface area contributed by atoms with Gasteiger partial charge in [0.25, 0.3) is 5.91 Å². The second-order valence-corrected chi connectivity index (χ2v) is 4.90. The highest BCUT2D eigenvalue weighted by Gasteiger charge is 2.29. The van der Waals surface area contributed by atoms with E-state index in [1.54, 1.807) is 18.3 Å². The molecule has 5 nitrogen and oxygen atoms in total. The Balaban J connectivity index is 2.03. The summed E-state index contributed by atoms with van der Waals surface area (Å²) in [7, 11) is 0. The fourth-order valence-corrected chi connectivity index (χ4v) is 2.38. The molecule has 1 fully saturated rings. The molecule has 18 heavy (non-hydrogen) atoms. The predicted molar refractivity (Wildman–Crippen MR) is 69.3 cm³/mol. The number of hydrogen-bond donors (Lipinski definition) is 3. The van der Waals surface area contributed by atoms with E-state index in [9.17, 15) is 9.90 Å². The average molecular weight is 249 g/mol. The van der Waals surface area contributed by atoms with E-state index in [-0.39, 0.29) is 0 Å². The van der Waals surface area contributed by atoms with Crippen LogP contribution < -0.4 is 11.1 Å². The van der Waals surface area contributed by atoms with Crippen LogP contribution in [0.4, 0.5) is 5.82 Å². The highest BCUT2D eigenvalue weighted by molar-refractivity contribution is 5.97. The molecule has 1 aromatic rings. The minimum absolute atomic E-state index is 0.358. The Morgan fingerprint density at radius 3 is 2.83 bits per heavy atom. The molecule has 0 atom stereocenters. The Morgan fingerprint density at radius 1 is 1.44 bits per heavy atom. The second kappa shape index (κ2) is 5.35. The van der Waals surface area contributed by atoms with Crippen LogP contribution in [0.15, 0.2) is 18.3 Å². The van der Waals surface area contributed by atoms with Crippen LogP contribution in [0.25, 0.3) is 0 Å². The van der Waals surface area contributed by atoms with E-state index >= 15 is 0 Å². The minimum Gasteiger partial charge on any atom is -0.388 e. The fraction of sp³-hybridized carbons (Fsp3) is 0.538. The van der Waals surface area contributed by atoms with Crippen molar-refractivity contribution in [2.45, 2.75) is 37.7 Å². The van der Waals surface area contributed by atoms with Crippen molar-refractivity contribution in [3.63, 3.8) is 0 Å². The molecule has 0 unspecified atom stereocenters.